The number of para-hydroxylation sites is 1. The lowest BCUT2D eigenvalue weighted by molar-refractivity contribution is 0.457. The van der Waals surface area contributed by atoms with Crippen LogP contribution in [0.4, 0.5) is 0 Å². The number of phenolic OH excluding ortho intramolecular Hbond substituents is 1. The van der Waals surface area contributed by atoms with Crippen LogP contribution < -0.4 is 8.92 Å². The lowest BCUT2D eigenvalue weighted by atomic mass is 9.78. The van der Waals surface area contributed by atoms with E-state index in [2.05, 4.69) is 68.2 Å². The van der Waals surface area contributed by atoms with Crippen molar-refractivity contribution in [2.75, 3.05) is 0 Å². The quantitative estimate of drug-likeness (QED) is 0.214. The van der Waals surface area contributed by atoms with E-state index < -0.39 is 0 Å². The standard InChI is InChI=1S/C23H19Br3O3S/c1-14(30-29-17-7-5-4-6-8-17)28-21-10-9-15(11-18(21)24)23(2,3)16-12-19(25)22(27)20(26)13-16/h4-13,27H,1H2,2-3H3. The minimum Gasteiger partial charge on any atom is -0.506 e. The van der Waals surface area contributed by atoms with Crippen LogP contribution >= 0.6 is 59.8 Å². The highest BCUT2D eigenvalue weighted by Crippen LogP contribution is 2.41. The summed E-state index contributed by atoms with van der Waals surface area (Å²) in [6.45, 7) is 8.17. The van der Waals surface area contributed by atoms with Gasteiger partial charge in [-0.05, 0) is 102 Å². The fourth-order valence-electron chi connectivity index (χ4n) is 2.78. The van der Waals surface area contributed by atoms with Crippen molar-refractivity contribution in [3.8, 4) is 17.2 Å². The molecule has 30 heavy (non-hydrogen) atoms. The van der Waals surface area contributed by atoms with E-state index >= 15 is 0 Å². The molecule has 3 aromatic carbocycles. The fraction of sp³-hybridized carbons (Fsp3) is 0.130. The van der Waals surface area contributed by atoms with Crippen LogP contribution in [0.2, 0.25) is 0 Å². The Bertz CT molecular complexity index is 1050. The van der Waals surface area contributed by atoms with E-state index in [1.807, 2.05) is 60.7 Å². The fourth-order valence-corrected chi connectivity index (χ4v) is 4.85. The first-order valence-corrected chi connectivity index (χ1v) is 12.1. The minimum absolute atomic E-state index is 0.188. The molecule has 3 rings (SSSR count). The van der Waals surface area contributed by atoms with Crippen LogP contribution in [0.25, 0.3) is 0 Å². The van der Waals surface area contributed by atoms with Crippen molar-refractivity contribution in [2.24, 2.45) is 0 Å². The maximum absolute atomic E-state index is 10.0. The first kappa shape index (κ1) is 23.3. The van der Waals surface area contributed by atoms with E-state index in [4.69, 9.17) is 8.92 Å². The van der Waals surface area contributed by atoms with E-state index in [1.54, 1.807) is 0 Å². The second-order valence-corrected chi connectivity index (χ2v) is 10.4. The SMILES string of the molecule is C=C(Oc1ccc(C(C)(C)c2cc(Br)c(O)c(Br)c2)cc1Br)SOc1ccccc1. The zero-order valence-electron chi connectivity index (χ0n) is 16.3. The van der Waals surface area contributed by atoms with Gasteiger partial charge in [0.05, 0.1) is 13.4 Å². The maximum Gasteiger partial charge on any atom is 0.192 e. The van der Waals surface area contributed by atoms with Gasteiger partial charge in [-0.2, -0.15) is 0 Å². The van der Waals surface area contributed by atoms with Crippen molar-refractivity contribution in [1.82, 2.24) is 0 Å². The molecule has 0 aliphatic carbocycles. The van der Waals surface area contributed by atoms with Crippen LogP contribution in [0.5, 0.6) is 17.2 Å². The molecule has 0 fully saturated rings. The molecule has 0 spiro atoms. The molecule has 0 radical (unpaired) electrons. The molecule has 156 valence electrons. The molecule has 0 amide bonds. The maximum atomic E-state index is 10.0. The summed E-state index contributed by atoms with van der Waals surface area (Å²) in [5.74, 6) is 1.57. The molecule has 1 N–H and O–H groups in total. The topological polar surface area (TPSA) is 38.7 Å². The zero-order valence-corrected chi connectivity index (χ0v) is 21.9. The number of hydrogen-bond donors (Lipinski definition) is 1. The lowest BCUT2D eigenvalue weighted by Gasteiger charge is -2.27. The van der Waals surface area contributed by atoms with Gasteiger partial charge in [-0.3, -0.25) is 0 Å². The number of aromatic hydroxyl groups is 1. The molecule has 3 aromatic rings. The highest BCUT2D eigenvalue weighted by atomic mass is 79.9. The van der Waals surface area contributed by atoms with Gasteiger partial charge in [-0.15, -0.1) is 0 Å². The summed E-state index contributed by atoms with van der Waals surface area (Å²) in [5, 5.41) is 10.4. The van der Waals surface area contributed by atoms with Crippen molar-refractivity contribution in [2.45, 2.75) is 19.3 Å². The van der Waals surface area contributed by atoms with Crippen LogP contribution in [0.1, 0.15) is 25.0 Å². The monoisotopic (exact) mass is 612 g/mol. The molecule has 0 bridgehead atoms. The normalized spacial score (nSPS) is 11.2. The van der Waals surface area contributed by atoms with Crippen molar-refractivity contribution >= 4 is 59.8 Å². The third kappa shape index (κ3) is 5.44. The Morgan fingerprint density at radius 3 is 2.10 bits per heavy atom. The summed E-state index contributed by atoms with van der Waals surface area (Å²) in [6, 6.07) is 19.3. The third-order valence-corrected chi connectivity index (χ3v) is 6.96. The van der Waals surface area contributed by atoms with Crippen molar-refractivity contribution in [3.05, 3.63) is 96.9 Å². The molecule has 0 heterocycles. The van der Waals surface area contributed by atoms with E-state index in [9.17, 15) is 5.11 Å². The minimum atomic E-state index is -0.304. The highest BCUT2D eigenvalue weighted by Gasteiger charge is 2.26. The Morgan fingerprint density at radius 2 is 1.50 bits per heavy atom. The predicted octanol–water partition coefficient (Wildman–Crippen LogP) is 8.58. The number of phenols is 1. The van der Waals surface area contributed by atoms with Gasteiger partial charge < -0.3 is 14.0 Å². The molecule has 0 aromatic heterocycles. The van der Waals surface area contributed by atoms with Gasteiger partial charge in [-0.1, -0.05) is 38.1 Å². The summed E-state index contributed by atoms with van der Waals surface area (Å²) in [7, 11) is 0. The predicted molar refractivity (Wildman–Crippen MR) is 134 cm³/mol. The summed E-state index contributed by atoms with van der Waals surface area (Å²) in [5.41, 5.74) is 1.84. The van der Waals surface area contributed by atoms with Crippen molar-refractivity contribution in [1.29, 1.82) is 0 Å². The van der Waals surface area contributed by atoms with Gasteiger partial charge in [0.2, 0.25) is 0 Å². The number of hydrogen-bond acceptors (Lipinski definition) is 4. The summed E-state index contributed by atoms with van der Waals surface area (Å²) < 4.78 is 13.5. The van der Waals surface area contributed by atoms with Crippen molar-refractivity contribution < 1.29 is 14.0 Å². The molecule has 0 saturated carbocycles. The largest absolute Gasteiger partial charge is 0.506 e. The summed E-state index contributed by atoms with van der Waals surface area (Å²) in [6.07, 6.45) is 0. The van der Waals surface area contributed by atoms with Gasteiger partial charge in [0.25, 0.3) is 0 Å². The second-order valence-electron chi connectivity index (χ2n) is 7.01. The molecular formula is C23H19Br3O3S. The third-order valence-electron chi connectivity index (χ3n) is 4.59. The number of benzene rings is 3. The highest BCUT2D eigenvalue weighted by molar-refractivity contribution is 9.11. The lowest BCUT2D eigenvalue weighted by Crippen LogP contribution is -2.19. The first-order chi connectivity index (χ1) is 14.2. The van der Waals surface area contributed by atoms with Gasteiger partial charge in [0.1, 0.15) is 29.3 Å². The molecule has 0 atom stereocenters. The molecule has 0 aliphatic heterocycles. The van der Waals surface area contributed by atoms with Crippen LogP contribution in [0.3, 0.4) is 0 Å². The average Bonchev–Trinajstić information content (AvgIpc) is 2.72. The Kier molecular flexibility index (Phi) is 7.61. The van der Waals surface area contributed by atoms with Gasteiger partial charge >= 0.3 is 0 Å². The van der Waals surface area contributed by atoms with Gasteiger partial charge in [0, 0.05) is 5.41 Å². The molecule has 0 aliphatic rings. The Hall–Kier alpha value is -1.41. The van der Waals surface area contributed by atoms with Crippen LogP contribution in [-0.2, 0) is 5.41 Å². The molecule has 0 saturated heterocycles. The van der Waals surface area contributed by atoms with Crippen molar-refractivity contribution in [3.63, 3.8) is 0 Å². The summed E-state index contributed by atoms with van der Waals surface area (Å²) >= 11 is 11.5. The van der Waals surface area contributed by atoms with Gasteiger partial charge in [-0.25, -0.2) is 0 Å². The zero-order chi connectivity index (χ0) is 21.9. The number of ether oxygens (including phenoxy) is 1. The molecular weight excluding hydrogens is 596 g/mol. The Balaban J connectivity index is 1.75. The van der Waals surface area contributed by atoms with Crippen LogP contribution in [0, 0.1) is 0 Å². The van der Waals surface area contributed by atoms with Gasteiger partial charge in [0.15, 0.2) is 5.09 Å². The Morgan fingerprint density at radius 1 is 0.900 bits per heavy atom. The van der Waals surface area contributed by atoms with Crippen LogP contribution in [0.15, 0.2) is 85.8 Å². The Labute approximate surface area is 206 Å². The second kappa shape index (κ2) is 9.81. The van der Waals surface area contributed by atoms with E-state index in [1.165, 1.54) is 0 Å². The first-order valence-electron chi connectivity index (χ1n) is 8.93. The summed E-state index contributed by atoms with van der Waals surface area (Å²) in [4.78, 5) is 0. The number of halogens is 3. The van der Waals surface area contributed by atoms with E-state index in [0.717, 1.165) is 33.4 Å². The van der Waals surface area contributed by atoms with Crippen LogP contribution in [-0.4, -0.2) is 5.11 Å². The van der Waals surface area contributed by atoms with E-state index in [-0.39, 0.29) is 11.2 Å². The molecule has 3 nitrogen and oxygen atoms in total. The number of rotatable bonds is 7. The average molecular weight is 615 g/mol. The smallest absolute Gasteiger partial charge is 0.192 e. The van der Waals surface area contributed by atoms with E-state index in [0.29, 0.717) is 19.8 Å². The molecule has 7 heteroatoms. The molecule has 0 unspecified atom stereocenters.